The normalized spacial score (nSPS) is 24.2. The summed E-state index contributed by atoms with van der Waals surface area (Å²) in [5, 5.41) is 0.449. The van der Waals surface area contributed by atoms with Gasteiger partial charge in [0.15, 0.2) is 6.29 Å². The Morgan fingerprint density at radius 3 is 2.58 bits per heavy atom. The average Bonchev–Trinajstić information content (AvgIpc) is 2.49. The first-order valence-electron chi connectivity index (χ1n) is 6.36. The van der Waals surface area contributed by atoms with E-state index >= 15 is 0 Å². The van der Waals surface area contributed by atoms with Gasteiger partial charge in [-0.05, 0) is 39.8 Å². The van der Waals surface area contributed by atoms with Gasteiger partial charge in [-0.3, -0.25) is 4.79 Å². The highest BCUT2D eigenvalue weighted by molar-refractivity contribution is 6.32. The molecule has 0 amide bonds. The first-order chi connectivity index (χ1) is 8.75. The van der Waals surface area contributed by atoms with Crippen molar-refractivity contribution < 1.29 is 14.3 Å². The molecule has 1 aliphatic heterocycles. The van der Waals surface area contributed by atoms with Crippen LogP contribution in [0.15, 0.2) is 18.2 Å². The number of hydrogen-bond donors (Lipinski definition) is 0. The molecule has 1 aromatic rings. The summed E-state index contributed by atoms with van der Waals surface area (Å²) >= 11 is 6.13. The van der Waals surface area contributed by atoms with Crippen LogP contribution in [0.1, 0.15) is 44.5 Å². The van der Waals surface area contributed by atoms with Crippen molar-refractivity contribution in [1.29, 1.82) is 0 Å². The average molecular weight is 283 g/mol. The van der Waals surface area contributed by atoms with E-state index < -0.39 is 5.60 Å². The number of carbonyl (C=O) groups excluding carboxylic acids is 1. The second kappa shape index (κ2) is 4.80. The molecule has 1 fully saturated rings. The Bertz CT molecular complexity index is 494. The van der Waals surface area contributed by atoms with Crippen LogP contribution in [0.25, 0.3) is 0 Å². The van der Waals surface area contributed by atoms with Crippen molar-refractivity contribution in [2.45, 2.75) is 51.4 Å². The number of aldehydes is 1. The van der Waals surface area contributed by atoms with Crippen LogP contribution in [-0.2, 0) is 4.74 Å². The van der Waals surface area contributed by atoms with Crippen molar-refractivity contribution in [3.05, 3.63) is 28.8 Å². The lowest BCUT2D eigenvalue weighted by molar-refractivity contribution is -0.0846. The molecule has 3 nitrogen and oxygen atoms in total. The SMILES string of the molecule is CC1(C)CC(Oc2c(Cl)cccc2C=O)C(C)(C)O1. The number of halogens is 1. The lowest BCUT2D eigenvalue weighted by Crippen LogP contribution is -2.37. The number of benzene rings is 1. The molecule has 4 heteroatoms. The Labute approximate surface area is 118 Å². The van der Waals surface area contributed by atoms with Gasteiger partial charge in [-0.15, -0.1) is 0 Å². The number of carbonyl (C=O) groups is 1. The van der Waals surface area contributed by atoms with Crippen LogP contribution in [0.4, 0.5) is 0 Å². The van der Waals surface area contributed by atoms with E-state index in [1.165, 1.54) is 0 Å². The molecule has 0 spiro atoms. The summed E-state index contributed by atoms with van der Waals surface area (Å²) in [7, 11) is 0. The van der Waals surface area contributed by atoms with Gasteiger partial charge in [0.2, 0.25) is 0 Å². The second-order valence-electron chi connectivity index (χ2n) is 6.05. The summed E-state index contributed by atoms with van der Waals surface area (Å²) in [5.41, 5.74) is -0.187. The molecule has 0 bridgehead atoms. The Morgan fingerprint density at radius 2 is 2.05 bits per heavy atom. The van der Waals surface area contributed by atoms with Crippen molar-refractivity contribution in [2.24, 2.45) is 0 Å². The summed E-state index contributed by atoms with van der Waals surface area (Å²) in [6.07, 6.45) is 1.37. The van der Waals surface area contributed by atoms with Crippen molar-refractivity contribution in [2.75, 3.05) is 0 Å². The van der Waals surface area contributed by atoms with Crippen LogP contribution in [0.3, 0.4) is 0 Å². The molecule has 0 N–H and O–H groups in total. The smallest absolute Gasteiger partial charge is 0.153 e. The number of rotatable bonds is 3. The predicted molar refractivity (Wildman–Crippen MR) is 75.1 cm³/mol. The Morgan fingerprint density at radius 1 is 1.37 bits per heavy atom. The molecular weight excluding hydrogens is 264 g/mol. The van der Waals surface area contributed by atoms with Gasteiger partial charge in [-0.2, -0.15) is 0 Å². The zero-order valence-electron chi connectivity index (χ0n) is 11.7. The standard InChI is InChI=1S/C15H19ClO3/c1-14(2)8-12(15(3,4)19-14)18-13-10(9-17)6-5-7-11(13)16/h5-7,9,12H,8H2,1-4H3. The predicted octanol–water partition coefficient (Wildman–Crippen LogP) is 3.88. The highest BCUT2D eigenvalue weighted by Gasteiger charge is 2.47. The van der Waals surface area contributed by atoms with Gasteiger partial charge in [0.1, 0.15) is 17.5 Å². The zero-order valence-corrected chi connectivity index (χ0v) is 12.5. The van der Waals surface area contributed by atoms with E-state index in [4.69, 9.17) is 21.1 Å². The molecule has 1 aliphatic rings. The molecule has 0 aromatic heterocycles. The van der Waals surface area contributed by atoms with E-state index in [1.54, 1.807) is 18.2 Å². The maximum Gasteiger partial charge on any atom is 0.153 e. The molecule has 1 heterocycles. The maximum atomic E-state index is 11.1. The van der Waals surface area contributed by atoms with Crippen LogP contribution in [-0.4, -0.2) is 23.6 Å². The van der Waals surface area contributed by atoms with Gasteiger partial charge in [0, 0.05) is 6.42 Å². The molecule has 1 saturated heterocycles. The third kappa shape index (κ3) is 2.93. The lowest BCUT2D eigenvalue weighted by atomic mass is 9.97. The zero-order chi connectivity index (χ0) is 14.3. The first kappa shape index (κ1) is 14.4. The molecular formula is C15H19ClO3. The molecule has 19 heavy (non-hydrogen) atoms. The van der Waals surface area contributed by atoms with Crippen LogP contribution >= 0.6 is 11.6 Å². The summed E-state index contributed by atoms with van der Waals surface area (Å²) in [6, 6.07) is 5.15. The van der Waals surface area contributed by atoms with E-state index in [0.29, 0.717) is 16.3 Å². The molecule has 0 saturated carbocycles. The number of ether oxygens (including phenoxy) is 2. The van der Waals surface area contributed by atoms with Crippen LogP contribution in [0, 0.1) is 0 Å². The summed E-state index contributed by atoms with van der Waals surface area (Å²) in [5.74, 6) is 0.443. The maximum absolute atomic E-state index is 11.1. The first-order valence-corrected chi connectivity index (χ1v) is 6.73. The topological polar surface area (TPSA) is 35.5 Å². The minimum Gasteiger partial charge on any atom is -0.485 e. The van der Waals surface area contributed by atoms with E-state index in [-0.39, 0.29) is 11.7 Å². The highest BCUT2D eigenvalue weighted by atomic mass is 35.5. The fourth-order valence-electron chi connectivity index (χ4n) is 2.58. The summed E-state index contributed by atoms with van der Waals surface area (Å²) in [6.45, 7) is 8.05. The minimum atomic E-state index is -0.414. The van der Waals surface area contributed by atoms with Crippen LogP contribution < -0.4 is 4.74 Å². The second-order valence-corrected chi connectivity index (χ2v) is 6.46. The monoisotopic (exact) mass is 282 g/mol. The third-order valence-electron chi connectivity index (χ3n) is 3.38. The van der Waals surface area contributed by atoms with Gasteiger partial charge in [-0.1, -0.05) is 17.7 Å². The molecule has 1 unspecified atom stereocenters. The van der Waals surface area contributed by atoms with E-state index in [2.05, 4.69) is 0 Å². The van der Waals surface area contributed by atoms with Gasteiger partial charge in [0.05, 0.1) is 16.2 Å². The fraction of sp³-hybridized carbons (Fsp3) is 0.533. The number of para-hydroxylation sites is 1. The Hall–Kier alpha value is -1.06. The van der Waals surface area contributed by atoms with Crippen molar-refractivity contribution >= 4 is 17.9 Å². The van der Waals surface area contributed by atoms with E-state index in [0.717, 1.165) is 12.7 Å². The van der Waals surface area contributed by atoms with Crippen LogP contribution in [0.5, 0.6) is 5.75 Å². The molecule has 0 radical (unpaired) electrons. The molecule has 104 valence electrons. The largest absolute Gasteiger partial charge is 0.485 e. The Kier molecular flexibility index (Phi) is 3.63. The quantitative estimate of drug-likeness (QED) is 0.789. The third-order valence-corrected chi connectivity index (χ3v) is 3.67. The lowest BCUT2D eigenvalue weighted by Gasteiger charge is -2.28. The van der Waals surface area contributed by atoms with Gasteiger partial charge < -0.3 is 9.47 Å². The molecule has 0 aliphatic carbocycles. The number of hydrogen-bond acceptors (Lipinski definition) is 3. The fourth-order valence-corrected chi connectivity index (χ4v) is 2.81. The van der Waals surface area contributed by atoms with Crippen LogP contribution in [0.2, 0.25) is 5.02 Å². The summed E-state index contributed by atoms with van der Waals surface area (Å²) < 4.78 is 12.0. The van der Waals surface area contributed by atoms with E-state index in [9.17, 15) is 4.79 Å². The van der Waals surface area contributed by atoms with Crippen molar-refractivity contribution in [1.82, 2.24) is 0 Å². The summed E-state index contributed by atoms with van der Waals surface area (Å²) in [4.78, 5) is 11.1. The highest BCUT2D eigenvalue weighted by Crippen LogP contribution is 2.41. The van der Waals surface area contributed by atoms with Crippen molar-refractivity contribution in [3.8, 4) is 5.75 Å². The van der Waals surface area contributed by atoms with E-state index in [1.807, 2.05) is 27.7 Å². The molecule has 1 aromatic carbocycles. The van der Waals surface area contributed by atoms with Gasteiger partial charge >= 0.3 is 0 Å². The Balaban J connectivity index is 2.29. The molecule has 2 rings (SSSR count). The van der Waals surface area contributed by atoms with Crippen molar-refractivity contribution in [3.63, 3.8) is 0 Å². The molecule has 1 atom stereocenters. The van der Waals surface area contributed by atoms with Gasteiger partial charge in [0.25, 0.3) is 0 Å². The minimum absolute atomic E-state index is 0.138. The van der Waals surface area contributed by atoms with Gasteiger partial charge in [-0.25, -0.2) is 0 Å².